The number of likely N-dealkylation sites (N-methyl/N-ethyl adjacent to an activating group) is 1. The van der Waals surface area contributed by atoms with Crippen LogP contribution < -0.4 is 0 Å². The van der Waals surface area contributed by atoms with Crippen molar-refractivity contribution in [2.45, 2.75) is 19.6 Å². The fraction of sp³-hybridized carbons (Fsp3) is 0.400. The van der Waals surface area contributed by atoms with Gasteiger partial charge in [-0.15, -0.1) is 0 Å². The van der Waals surface area contributed by atoms with Crippen molar-refractivity contribution in [2.75, 3.05) is 20.6 Å². The highest BCUT2D eigenvalue weighted by atomic mass is 79.9. The quantitative estimate of drug-likeness (QED) is 0.896. The Balaban J connectivity index is 2.36. The summed E-state index contributed by atoms with van der Waals surface area (Å²) in [5.74, 6) is -0.356. The highest BCUT2D eigenvalue weighted by molar-refractivity contribution is 9.10. The summed E-state index contributed by atoms with van der Waals surface area (Å²) < 4.78 is 15.9. The van der Waals surface area contributed by atoms with E-state index in [0.29, 0.717) is 17.8 Å². The van der Waals surface area contributed by atoms with Gasteiger partial charge in [0, 0.05) is 6.54 Å². The number of aromatic nitrogens is 2. The molecular weight excluding hydrogens is 337 g/mol. The number of hydrogen-bond acceptors (Lipinski definition) is 3. The van der Waals surface area contributed by atoms with E-state index in [-0.39, 0.29) is 5.82 Å². The Bertz CT molecular complexity index is 627. The van der Waals surface area contributed by atoms with Crippen molar-refractivity contribution < 1.29 is 9.50 Å². The molecule has 0 amide bonds. The number of rotatable bonds is 5. The Morgan fingerprint density at radius 1 is 1.43 bits per heavy atom. The molecule has 0 spiro atoms. The maximum Gasteiger partial charge on any atom is 0.123 e. The van der Waals surface area contributed by atoms with Crippen molar-refractivity contribution in [3.05, 3.63) is 51.5 Å². The number of hydrogen-bond donors (Lipinski definition) is 1. The first-order valence-corrected chi connectivity index (χ1v) is 7.49. The zero-order chi connectivity index (χ0) is 15.6. The number of halogens is 2. The SMILES string of the molecule is Cc1ccc(F)cc1C(O)c1c(Br)cnn1CCN(C)C. The maximum atomic E-state index is 13.5. The largest absolute Gasteiger partial charge is 0.382 e. The van der Waals surface area contributed by atoms with Gasteiger partial charge in [-0.05, 0) is 60.2 Å². The van der Waals surface area contributed by atoms with Gasteiger partial charge >= 0.3 is 0 Å². The van der Waals surface area contributed by atoms with Crippen molar-refractivity contribution in [1.82, 2.24) is 14.7 Å². The third-order valence-corrected chi connectivity index (χ3v) is 4.00. The lowest BCUT2D eigenvalue weighted by atomic mass is 10.0. The molecule has 1 aromatic carbocycles. The summed E-state index contributed by atoms with van der Waals surface area (Å²) in [6, 6.07) is 4.43. The summed E-state index contributed by atoms with van der Waals surface area (Å²) in [6.45, 7) is 3.31. The second kappa shape index (κ2) is 6.68. The van der Waals surface area contributed by atoms with Crippen molar-refractivity contribution in [3.63, 3.8) is 0 Å². The molecule has 0 aliphatic carbocycles. The van der Waals surface area contributed by atoms with Crippen LogP contribution in [0.1, 0.15) is 22.9 Å². The predicted molar refractivity (Wildman–Crippen MR) is 83.7 cm³/mol. The minimum absolute atomic E-state index is 0.356. The maximum absolute atomic E-state index is 13.5. The van der Waals surface area contributed by atoms with Crippen LogP contribution in [0.3, 0.4) is 0 Å². The smallest absolute Gasteiger partial charge is 0.123 e. The number of benzene rings is 1. The first kappa shape index (κ1) is 16.1. The van der Waals surface area contributed by atoms with Gasteiger partial charge in [0.2, 0.25) is 0 Å². The summed E-state index contributed by atoms with van der Waals surface area (Å²) >= 11 is 3.41. The lowest BCUT2D eigenvalue weighted by Gasteiger charge is -2.18. The van der Waals surface area contributed by atoms with Crippen LogP contribution in [-0.2, 0) is 6.54 Å². The standard InChI is InChI=1S/C15H19BrFN3O/c1-10-4-5-11(17)8-12(10)15(21)14-13(16)9-18-20(14)7-6-19(2)3/h4-5,8-9,15,21H,6-7H2,1-3H3. The number of nitrogens with zero attached hydrogens (tertiary/aromatic N) is 3. The zero-order valence-corrected chi connectivity index (χ0v) is 13.9. The first-order valence-electron chi connectivity index (χ1n) is 6.70. The molecule has 0 radical (unpaired) electrons. The van der Waals surface area contributed by atoms with E-state index in [0.717, 1.165) is 16.6 Å². The Morgan fingerprint density at radius 2 is 2.14 bits per heavy atom. The Kier molecular flexibility index (Phi) is 5.13. The van der Waals surface area contributed by atoms with Crippen LogP contribution in [0.4, 0.5) is 4.39 Å². The molecule has 0 saturated carbocycles. The summed E-state index contributed by atoms with van der Waals surface area (Å²) in [7, 11) is 3.96. The van der Waals surface area contributed by atoms with Gasteiger partial charge in [0.25, 0.3) is 0 Å². The normalized spacial score (nSPS) is 12.9. The van der Waals surface area contributed by atoms with Gasteiger partial charge in [-0.1, -0.05) is 6.07 Å². The second-order valence-corrected chi connectivity index (χ2v) is 6.16. The fourth-order valence-corrected chi connectivity index (χ4v) is 2.68. The molecule has 1 unspecified atom stereocenters. The third-order valence-electron chi connectivity index (χ3n) is 3.39. The van der Waals surface area contributed by atoms with E-state index in [9.17, 15) is 9.50 Å². The van der Waals surface area contributed by atoms with Crippen molar-refractivity contribution in [1.29, 1.82) is 0 Å². The summed E-state index contributed by atoms with van der Waals surface area (Å²) in [5.41, 5.74) is 2.05. The summed E-state index contributed by atoms with van der Waals surface area (Å²) in [6.07, 6.45) is 0.739. The highest BCUT2D eigenvalue weighted by Crippen LogP contribution is 2.30. The molecule has 0 fully saturated rings. The van der Waals surface area contributed by atoms with Gasteiger partial charge in [-0.25, -0.2) is 4.39 Å². The van der Waals surface area contributed by atoms with Gasteiger partial charge in [-0.2, -0.15) is 5.10 Å². The molecule has 1 aromatic heterocycles. The molecule has 1 N–H and O–H groups in total. The van der Waals surface area contributed by atoms with E-state index >= 15 is 0 Å². The predicted octanol–water partition coefficient (Wildman–Crippen LogP) is 2.74. The van der Waals surface area contributed by atoms with Crippen LogP contribution in [0.25, 0.3) is 0 Å². The van der Waals surface area contributed by atoms with Crippen LogP contribution in [0.15, 0.2) is 28.9 Å². The van der Waals surface area contributed by atoms with Crippen LogP contribution in [0.2, 0.25) is 0 Å². The molecule has 21 heavy (non-hydrogen) atoms. The van der Waals surface area contributed by atoms with Crippen LogP contribution >= 0.6 is 15.9 Å². The first-order chi connectivity index (χ1) is 9.90. The topological polar surface area (TPSA) is 41.3 Å². The average molecular weight is 356 g/mol. The summed E-state index contributed by atoms with van der Waals surface area (Å²) in [4.78, 5) is 2.04. The van der Waals surface area contributed by atoms with E-state index in [1.165, 1.54) is 12.1 Å². The molecule has 0 bridgehead atoms. The molecule has 114 valence electrons. The van der Waals surface area contributed by atoms with E-state index in [1.807, 2.05) is 25.9 Å². The number of aliphatic hydroxyl groups excluding tert-OH is 1. The van der Waals surface area contributed by atoms with Crippen molar-refractivity contribution in [2.24, 2.45) is 0 Å². The minimum Gasteiger partial charge on any atom is -0.382 e. The van der Waals surface area contributed by atoms with Gasteiger partial charge in [0.1, 0.15) is 11.9 Å². The van der Waals surface area contributed by atoms with E-state index in [2.05, 4.69) is 21.0 Å². The molecule has 0 aliphatic rings. The van der Waals surface area contributed by atoms with E-state index in [1.54, 1.807) is 16.9 Å². The second-order valence-electron chi connectivity index (χ2n) is 5.31. The van der Waals surface area contributed by atoms with Crippen molar-refractivity contribution in [3.8, 4) is 0 Å². The molecule has 2 rings (SSSR count). The Morgan fingerprint density at radius 3 is 2.81 bits per heavy atom. The molecular formula is C15H19BrFN3O. The molecule has 4 nitrogen and oxygen atoms in total. The van der Waals surface area contributed by atoms with Crippen molar-refractivity contribution >= 4 is 15.9 Å². The fourth-order valence-electron chi connectivity index (χ4n) is 2.17. The van der Waals surface area contributed by atoms with Gasteiger partial charge in [-0.3, -0.25) is 4.68 Å². The van der Waals surface area contributed by atoms with Gasteiger partial charge < -0.3 is 10.0 Å². The van der Waals surface area contributed by atoms with E-state index in [4.69, 9.17) is 0 Å². The zero-order valence-electron chi connectivity index (χ0n) is 12.3. The Labute approximate surface area is 132 Å². The average Bonchev–Trinajstić information content (AvgIpc) is 2.79. The van der Waals surface area contributed by atoms with Gasteiger partial charge in [0.15, 0.2) is 0 Å². The highest BCUT2D eigenvalue weighted by Gasteiger charge is 2.21. The Hall–Kier alpha value is -1.24. The number of aryl methyl sites for hydroxylation is 1. The molecule has 0 saturated heterocycles. The van der Waals surface area contributed by atoms with E-state index < -0.39 is 6.10 Å². The summed E-state index contributed by atoms with van der Waals surface area (Å²) in [5, 5.41) is 14.9. The van der Waals surface area contributed by atoms with Crippen LogP contribution in [-0.4, -0.2) is 40.4 Å². The lowest BCUT2D eigenvalue weighted by Crippen LogP contribution is -2.21. The van der Waals surface area contributed by atoms with Crippen LogP contribution in [0, 0.1) is 12.7 Å². The van der Waals surface area contributed by atoms with Crippen LogP contribution in [0.5, 0.6) is 0 Å². The molecule has 6 heteroatoms. The molecule has 1 atom stereocenters. The van der Waals surface area contributed by atoms with Gasteiger partial charge in [0.05, 0.1) is 22.9 Å². The lowest BCUT2D eigenvalue weighted by molar-refractivity contribution is 0.203. The number of aliphatic hydroxyl groups is 1. The minimum atomic E-state index is -0.917. The molecule has 1 heterocycles. The third kappa shape index (κ3) is 3.70. The molecule has 2 aromatic rings. The monoisotopic (exact) mass is 355 g/mol. The molecule has 0 aliphatic heterocycles.